The number of aliphatic hydroxyl groups is 1. The minimum absolute atomic E-state index is 0.120. The maximum Gasteiger partial charge on any atom is 0.172 e. The summed E-state index contributed by atoms with van der Waals surface area (Å²) in [4.78, 5) is 11.7. The highest BCUT2D eigenvalue weighted by Crippen LogP contribution is 2.13. The van der Waals surface area contributed by atoms with Gasteiger partial charge >= 0.3 is 0 Å². The summed E-state index contributed by atoms with van der Waals surface area (Å²) in [7, 11) is 1.64. The van der Waals surface area contributed by atoms with Crippen LogP contribution in [0.3, 0.4) is 0 Å². The Labute approximate surface area is 142 Å². The molecule has 23 heavy (non-hydrogen) atoms. The van der Waals surface area contributed by atoms with Crippen LogP contribution >= 0.6 is 11.8 Å². The Balaban J connectivity index is 2.15. The Morgan fingerprint density at radius 1 is 1.22 bits per heavy atom. The van der Waals surface area contributed by atoms with E-state index in [2.05, 4.69) is 0 Å². The molecule has 0 heterocycles. The van der Waals surface area contributed by atoms with Crippen LogP contribution in [0.4, 0.5) is 0 Å². The molecule has 0 aliphatic carbocycles. The van der Waals surface area contributed by atoms with Gasteiger partial charge in [0.05, 0.1) is 25.1 Å². The van der Waals surface area contributed by atoms with E-state index in [1.165, 1.54) is 11.8 Å². The fourth-order valence-electron chi connectivity index (χ4n) is 1.94. The first kappa shape index (κ1) is 20.0. The fourth-order valence-corrected chi connectivity index (χ4v) is 2.36. The van der Waals surface area contributed by atoms with Crippen molar-refractivity contribution in [3.05, 3.63) is 29.8 Å². The zero-order valence-electron chi connectivity index (χ0n) is 13.8. The van der Waals surface area contributed by atoms with Gasteiger partial charge in [-0.2, -0.15) is 11.8 Å². The predicted octanol–water partition coefficient (Wildman–Crippen LogP) is 2.42. The molecule has 0 fully saturated rings. The molecule has 1 N–H and O–H groups in total. The molecule has 1 aromatic carbocycles. The van der Waals surface area contributed by atoms with E-state index in [0.29, 0.717) is 49.9 Å². The second-order valence-corrected chi connectivity index (χ2v) is 5.96. The van der Waals surface area contributed by atoms with Crippen LogP contribution in [0, 0.1) is 0 Å². The van der Waals surface area contributed by atoms with Gasteiger partial charge in [0.15, 0.2) is 5.78 Å². The lowest BCUT2D eigenvalue weighted by Crippen LogP contribution is -2.18. The molecule has 1 unspecified atom stereocenters. The summed E-state index contributed by atoms with van der Waals surface area (Å²) in [6.45, 7) is 1.77. The Morgan fingerprint density at radius 2 is 1.96 bits per heavy atom. The number of benzene rings is 1. The average molecular weight is 342 g/mol. The first-order valence-corrected chi connectivity index (χ1v) is 9.06. The van der Waals surface area contributed by atoms with Crippen LogP contribution in [-0.2, 0) is 9.47 Å². The molecule has 0 bridgehead atoms. The van der Waals surface area contributed by atoms with Gasteiger partial charge in [-0.1, -0.05) is 0 Å². The standard InChI is InChI=1S/C17H26O5S/c1-20-9-3-4-15(18)12-21-10-11-22-16-7-5-14(6-8-16)17(19)13-23-2/h5-8,15,18H,3-4,9-13H2,1-2H3. The van der Waals surface area contributed by atoms with Crippen LogP contribution < -0.4 is 4.74 Å². The lowest BCUT2D eigenvalue weighted by atomic mass is 10.1. The van der Waals surface area contributed by atoms with Crippen molar-refractivity contribution in [2.75, 3.05) is 45.5 Å². The van der Waals surface area contributed by atoms with Gasteiger partial charge < -0.3 is 19.3 Å². The van der Waals surface area contributed by atoms with E-state index in [4.69, 9.17) is 14.2 Å². The van der Waals surface area contributed by atoms with Crippen molar-refractivity contribution in [3.63, 3.8) is 0 Å². The monoisotopic (exact) mass is 342 g/mol. The molecule has 0 aliphatic heterocycles. The lowest BCUT2D eigenvalue weighted by molar-refractivity contribution is 0.0175. The predicted molar refractivity (Wildman–Crippen MR) is 92.6 cm³/mol. The van der Waals surface area contributed by atoms with Crippen LogP contribution in [0.15, 0.2) is 24.3 Å². The molecule has 5 nitrogen and oxygen atoms in total. The Bertz CT molecular complexity index is 435. The quantitative estimate of drug-likeness (QED) is 0.439. The number of methoxy groups -OCH3 is 1. The molecule has 0 radical (unpaired) electrons. The molecule has 1 rings (SSSR count). The van der Waals surface area contributed by atoms with Crippen molar-refractivity contribution in [1.29, 1.82) is 0 Å². The molecule has 0 saturated carbocycles. The minimum Gasteiger partial charge on any atom is -0.491 e. The zero-order valence-corrected chi connectivity index (χ0v) is 14.6. The van der Waals surface area contributed by atoms with Gasteiger partial charge in [-0.05, 0) is 43.4 Å². The Morgan fingerprint density at radius 3 is 2.61 bits per heavy atom. The van der Waals surface area contributed by atoms with Crippen LogP contribution in [-0.4, -0.2) is 62.5 Å². The van der Waals surface area contributed by atoms with Crippen LogP contribution in [0.5, 0.6) is 5.75 Å². The highest BCUT2D eigenvalue weighted by Gasteiger charge is 2.06. The summed E-state index contributed by atoms with van der Waals surface area (Å²) in [5.41, 5.74) is 0.696. The van der Waals surface area contributed by atoms with Crippen molar-refractivity contribution in [3.8, 4) is 5.75 Å². The van der Waals surface area contributed by atoms with Crippen molar-refractivity contribution in [1.82, 2.24) is 0 Å². The number of ether oxygens (including phenoxy) is 3. The van der Waals surface area contributed by atoms with Crippen molar-refractivity contribution >= 4 is 17.5 Å². The first-order valence-electron chi connectivity index (χ1n) is 7.67. The molecule has 130 valence electrons. The topological polar surface area (TPSA) is 65.0 Å². The number of aliphatic hydroxyl groups excluding tert-OH is 1. The molecule has 0 amide bonds. The summed E-state index contributed by atoms with van der Waals surface area (Å²) < 4.78 is 15.8. The van der Waals surface area contributed by atoms with E-state index in [1.54, 1.807) is 31.4 Å². The summed E-state index contributed by atoms with van der Waals surface area (Å²) >= 11 is 1.51. The van der Waals surface area contributed by atoms with E-state index in [1.807, 2.05) is 6.26 Å². The second-order valence-electron chi connectivity index (χ2n) is 5.09. The summed E-state index contributed by atoms with van der Waals surface area (Å²) in [5.74, 6) is 1.31. The molecule has 0 aliphatic rings. The third kappa shape index (κ3) is 8.95. The lowest BCUT2D eigenvalue weighted by Gasteiger charge is -2.11. The fraction of sp³-hybridized carbons (Fsp3) is 0.588. The third-order valence-corrected chi connectivity index (χ3v) is 3.70. The van der Waals surface area contributed by atoms with E-state index < -0.39 is 6.10 Å². The van der Waals surface area contributed by atoms with Crippen LogP contribution in [0.1, 0.15) is 23.2 Å². The smallest absolute Gasteiger partial charge is 0.172 e. The SMILES string of the molecule is COCCCC(O)COCCOc1ccc(C(=O)CSC)cc1. The first-order chi connectivity index (χ1) is 11.2. The Hall–Kier alpha value is -1.08. The summed E-state index contributed by atoms with van der Waals surface area (Å²) in [5, 5.41) is 9.66. The third-order valence-electron chi connectivity index (χ3n) is 3.14. The Kier molecular flexibility index (Phi) is 10.7. The minimum atomic E-state index is -0.466. The van der Waals surface area contributed by atoms with Gasteiger partial charge in [0.25, 0.3) is 0 Å². The highest BCUT2D eigenvalue weighted by atomic mass is 32.2. The number of rotatable bonds is 13. The zero-order chi connectivity index (χ0) is 16.9. The van der Waals surface area contributed by atoms with E-state index >= 15 is 0 Å². The molecule has 6 heteroatoms. The van der Waals surface area contributed by atoms with Crippen molar-refractivity contribution < 1.29 is 24.1 Å². The maximum atomic E-state index is 11.7. The number of Topliss-reactive ketones (excluding diaryl/α,β-unsaturated/α-hetero) is 1. The van der Waals surface area contributed by atoms with E-state index in [0.717, 1.165) is 6.42 Å². The molecule has 0 saturated heterocycles. The summed E-state index contributed by atoms with van der Waals surface area (Å²) in [6, 6.07) is 7.11. The molecule has 1 aromatic rings. The average Bonchev–Trinajstić information content (AvgIpc) is 2.55. The highest BCUT2D eigenvalue weighted by molar-refractivity contribution is 7.99. The van der Waals surface area contributed by atoms with Crippen molar-refractivity contribution in [2.45, 2.75) is 18.9 Å². The van der Waals surface area contributed by atoms with Gasteiger partial charge in [-0.25, -0.2) is 0 Å². The van der Waals surface area contributed by atoms with E-state index in [-0.39, 0.29) is 5.78 Å². The number of hydrogen-bond acceptors (Lipinski definition) is 6. The molecular weight excluding hydrogens is 316 g/mol. The molecule has 0 spiro atoms. The van der Waals surface area contributed by atoms with Crippen LogP contribution in [0.25, 0.3) is 0 Å². The summed E-state index contributed by atoms with van der Waals surface area (Å²) in [6.07, 6.45) is 2.93. The normalized spacial score (nSPS) is 12.1. The second kappa shape index (κ2) is 12.4. The van der Waals surface area contributed by atoms with Crippen molar-refractivity contribution in [2.24, 2.45) is 0 Å². The van der Waals surface area contributed by atoms with Gasteiger partial charge in [0.2, 0.25) is 0 Å². The number of carbonyl (C=O) groups excluding carboxylic acids is 1. The van der Waals surface area contributed by atoms with Gasteiger partial charge in [0.1, 0.15) is 12.4 Å². The number of ketones is 1. The number of hydrogen-bond donors (Lipinski definition) is 1. The van der Waals surface area contributed by atoms with Crippen LogP contribution in [0.2, 0.25) is 0 Å². The van der Waals surface area contributed by atoms with E-state index in [9.17, 15) is 9.90 Å². The van der Waals surface area contributed by atoms with Gasteiger partial charge in [-0.3, -0.25) is 4.79 Å². The van der Waals surface area contributed by atoms with Gasteiger partial charge in [0, 0.05) is 19.3 Å². The number of carbonyl (C=O) groups is 1. The molecule has 1 atom stereocenters. The number of thioether (sulfide) groups is 1. The molecular formula is C17H26O5S. The maximum absolute atomic E-state index is 11.7. The van der Waals surface area contributed by atoms with Gasteiger partial charge in [-0.15, -0.1) is 0 Å². The molecule has 0 aromatic heterocycles. The largest absolute Gasteiger partial charge is 0.491 e.